The van der Waals surface area contributed by atoms with E-state index in [9.17, 15) is 14.4 Å². The number of carbonyl (C=O) groups is 3. The number of hydrogen-bond acceptors (Lipinski definition) is 6. The SMILES string of the molecule is COc1ccc(NC(=O)COC(=O)CCC(=O)Nc2ccccc2C)c(OC)c1. The molecule has 2 aromatic carbocycles. The van der Waals surface area contributed by atoms with E-state index in [1.807, 2.05) is 25.1 Å². The first kappa shape index (κ1) is 21.7. The largest absolute Gasteiger partial charge is 0.497 e. The second kappa shape index (κ2) is 10.7. The Labute approximate surface area is 169 Å². The Morgan fingerprint density at radius 3 is 2.28 bits per heavy atom. The topological polar surface area (TPSA) is 103 Å². The van der Waals surface area contributed by atoms with E-state index in [1.165, 1.54) is 14.2 Å². The fourth-order valence-electron chi connectivity index (χ4n) is 2.45. The van der Waals surface area contributed by atoms with Gasteiger partial charge in [0, 0.05) is 18.2 Å². The Bertz CT molecular complexity index is 881. The van der Waals surface area contributed by atoms with Crippen molar-refractivity contribution in [3.05, 3.63) is 48.0 Å². The maximum Gasteiger partial charge on any atom is 0.306 e. The number of rotatable bonds is 9. The lowest BCUT2D eigenvalue weighted by atomic mass is 10.2. The van der Waals surface area contributed by atoms with Crippen LogP contribution in [0.1, 0.15) is 18.4 Å². The molecule has 0 heterocycles. The first-order valence-electron chi connectivity index (χ1n) is 8.96. The second-order valence-electron chi connectivity index (χ2n) is 6.14. The molecule has 0 spiro atoms. The highest BCUT2D eigenvalue weighted by molar-refractivity contribution is 5.95. The summed E-state index contributed by atoms with van der Waals surface area (Å²) in [7, 11) is 2.99. The molecule has 2 amide bonds. The number of anilines is 2. The number of aryl methyl sites for hydroxylation is 1. The molecule has 0 aromatic heterocycles. The van der Waals surface area contributed by atoms with Gasteiger partial charge in [0.25, 0.3) is 5.91 Å². The molecule has 0 unspecified atom stereocenters. The molecular formula is C21H24N2O6. The zero-order valence-electron chi connectivity index (χ0n) is 16.6. The van der Waals surface area contributed by atoms with Crippen LogP contribution in [0.15, 0.2) is 42.5 Å². The average molecular weight is 400 g/mol. The molecule has 0 radical (unpaired) electrons. The fraction of sp³-hybridized carbons (Fsp3) is 0.286. The van der Waals surface area contributed by atoms with Crippen molar-refractivity contribution in [2.75, 3.05) is 31.5 Å². The summed E-state index contributed by atoms with van der Waals surface area (Å²) in [6.45, 7) is 1.41. The van der Waals surface area contributed by atoms with Crippen LogP contribution in [0.2, 0.25) is 0 Å². The van der Waals surface area contributed by atoms with Crippen molar-refractivity contribution in [3.63, 3.8) is 0 Å². The van der Waals surface area contributed by atoms with Crippen LogP contribution in [0.25, 0.3) is 0 Å². The van der Waals surface area contributed by atoms with Crippen molar-refractivity contribution < 1.29 is 28.6 Å². The number of nitrogens with one attached hydrogen (secondary N) is 2. The highest BCUT2D eigenvalue weighted by Crippen LogP contribution is 2.28. The lowest BCUT2D eigenvalue weighted by Crippen LogP contribution is -2.22. The van der Waals surface area contributed by atoms with Crippen molar-refractivity contribution in [2.24, 2.45) is 0 Å². The maximum atomic E-state index is 12.0. The van der Waals surface area contributed by atoms with Gasteiger partial charge in [-0.3, -0.25) is 14.4 Å². The summed E-state index contributed by atoms with van der Waals surface area (Å²) in [6.07, 6.45) is -0.169. The maximum absolute atomic E-state index is 12.0. The van der Waals surface area contributed by atoms with Gasteiger partial charge < -0.3 is 24.8 Å². The summed E-state index contributed by atoms with van der Waals surface area (Å²) in [5, 5.41) is 5.33. The monoisotopic (exact) mass is 400 g/mol. The van der Waals surface area contributed by atoms with Gasteiger partial charge >= 0.3 is 5.97 Å². The standard InChI is InChI=1S/C21H24N2O6/c1-14-6-4-5-7-16(14)22-19(24)10-11-21(26)29-13-20(25)23-17-9-8-15(27-2)12-18(17)28-3/h4-9,12H,10-11,13H2,1-3H3,(H,22,24)(H,23,25). The quantitative estimate of drug-likeness (QED) is 0.628. The Hall–Kier alpha value is -3.55. The zero-order valence-corrected chi connectivity index (χ0v) is 16.6. The summed E-state index contributed by atoms with van der Waals surface area (Å²) in [5.74, 6) is -0.469. The van der Waals surface area contributed by atoms with Crippen LogP contribution in [0, 0.1) is 6.92 Å². The lowest BCUT2D eigenvalue weighted by Gasteiger charge is -2.12. The number of carbonyl (C=O) groups excluding carboxylic acids is 3. The molecule has 0 aliphatic rings. The molecular weight excluding hydrogens is 376 g/mol. The number of esters is 1. The van der Waals surface area contributed by atoms with Gasteiger partial charge in [0.2, 0.25) is 5.91 Å². The van der Waals surface area contributed by atoms with Gasteiger partial charge in [-0.2, -0.15) is 0 Å². The summed E-state index contributed by atoms with van der Waals surface area (Å²) in [6, 6.07) is 12.2. The third-order valence-electron chi connectivity index (χ3n) is 4.02. The van der Waals surface area contributed by atoms with Crippen LogP contribution in [0.5, 0.6) is 11.5 Å². The average Bonchev–Trinajstić information content (AvgIpc) is 2.72. The van der Waals surface area contributed by atoms with Gasteiger partial charge in [-0.25, -0.2) is 0 Å². The summed E-state index contributed by atoms with van der Waals surface area (Å²) < 4.78 is 15.2. The molecule has 0 bridgehead atoms. The predicted octanol–water partition coefficient (Wildman–Crippen LogP) is 2.91. The number of methoxy groups -OCH3 is 2. The van der Waals surface area contributed by atoms with E-state index < -0.39 is 18.5 Å². The van der Waals surface area contributed by atoms with E-state index in [0.29, 0.717) is 22.9 Å². The molecule has 2 aromatic rings. The van der Waals surface area contributed by atoms with E-state index in [4.69, 9.17) is 14.2 Å². The summed E-state index contributed by atoms with van der Waals surface area (Å²) >= 11 is 0. The van der Waals surface area contributed by atoms with Crippen LogP contribution in [0.4, 0.5) is 11.4 Å². The van der Waals surface area contributed by atoms with Crippen LogP contribution in [0.3, 0.4) is 0 Å². The van der Waals surface area contributed by atoms with Gasteiger partial charge in [0.1, 0.15) is 11.5 Å². The van der Waals surface area contributed by atoms with E-state index in [2.05, 4.69) is 10.6 Å². The minimum absolute atomic E-state index is 0.0406. The van der Waals surface area contributed by atoms with E-state index in [0.717, 1.165) is 5.56 Å². The third kappa shape index (κ3) is 6.84. The molecule has 29 heavy (non-hydrogen) atoms. The van der Waals surface area contributed by atoms with Crippen LogP contribution in [-0.4, -0.2) is 38.6 Å². The fourth-order valence-corrected chi connectivity index (χ4v) is 2.45. The summed E-state index contributed by atoms with van der Waals surface area (Å²) in [5.41, 5.74) is 2.04. The molecule has 0 aliphatic heterocycles. The van der Waals surface area contributed by atoms with Crippen molar-refractivity contribution in [2.45, 2.75) is 19.8 Å². The van der Waals surface area contributed by atoms with Gasteiger partial charge in [0.15, 0.2) is 6.61 Å². The Kier molecular flexibility index (Phi) is 8.02. The van der Waals surface area contributed by atoms with Gasteiger partial charge in [0.05, 0.1) is 26.3 Å². The molecule has 0 fully saturated rings. The molecule has 8 nitrogen and oxygen atoms in total. The van der Waals surface area contributed by atoms with Gasteiger partial charge in [-0.1, -0.05) is 18.2 Å². The molecule has 0 atom stereocenters. The predicted molar refractivity (Wildman–Crippen MR) is 108 cm³/mol. The van der Waals surface area contributed by atoms with Gasteiger partial charge in [-0.15, -0.1) is 0 Å². The molecule has 2 N–H and O–H groups in total. The highest BCUT2D eigenvalue weighted by atomic mass is 16.5. The molecule has 0 saturated heterocycles. The van der Waals surface area contributed by atoms with E-state index in [1.54, 1.807) is 24.3 Å². The Morgan fingerprint density at radius 2 is 1.59 bits per heavy atom. The number of hydrogen-bond donors (Lipinski definition) is 2. The molecule has 2 rings (SSSR count). The van der Waals surface area contributed by atoms with Crippen LogP contribution in [-0.2, 0) is 19.1 Å². The minimum Gasteiger partial charge on any atom is -0.497 e. The lowest BCUT2D eigenvalue weighted by molar-refractivity contribution is -0.147. The first-order chi connectivity index (χ1) is 13.9. The Morgan fingerprint density at radius 1 is 0.862 bits per heavy atom. The smallest absolute Gasteiger partial charge is 0.306 e. The van der Waals surface area contributed by atoms with Crippen molar-refractivity contribution in [1.29, 1.82) is 0 Å². The van der Waals surface area contributed by atoms with E-state index >= 15 is 0 Å². The zero-order chi connectivity index (χ0) is 21.2. The van der Waals surface area contributed by atoms with Gasteiger partial charge in [-0.05, 0) is 30.7 Å². The highest BCUT2D eigenvalue weighted by Gasteiger charge is 2.13. The van der Waals surface area contributed by atoms with Crippen molar-refractivity contribution >= 4 is 29.2 Å². The number of benzene rings is 2. The molecule has 0 saturated carbocycles. The van der Waals surface area contributed by atoms with Crippen LogP contribution < -0.4 is 20.1 Å². The normalized spacial score (nSPS) is 10.0. The van der Waals surface area contributed by atoms with Crippen molar-refractivity contribution in [3.8, 4) is 11.5 Å². The first-order valence-corrected chi connectivity index (χ1v) is 8.96. The van der Waals surface area contributed by atoms with Crippen molar-refractivity contribution in [1.82, 2.24) is 0 Å². The number of ether oxygens (including phenoxy) is 3. The number of amides is 2. The number of para-hydroxylation sites is 1. The van der Waals surface area contributed by atoms with Crippen LogP contribution >= 0.6 is 0 Å². The summed E-state index contributed by atoms with van der Waals surface area (Å²) in [4.78, 5) is 35.8. The van der Waals surface area contributed by atoms with E-state index in [-0.39, 0.29) is 18.7 Å². The second-order valence-corrected chi connectivity index (χ2v) is 6.14. The third-order valence-corrected chi connectivity index (χ3v) is 4.02. The minimum atomic E-state index is -0.637. The molecule has 8 heteroatoms. The Balaban J connectivity index is 1.75. The molecule has 0 aliphatic carbocycles. The molecule has 154 valence electrons.